The Morgan fingerprint density at radius 2 is 2.28 bits per heavy atom. The van der Waals surface area contributed by atoms with E-state index in [9.17, 15) is 0 Å². The highest BCUT2D eigenvalue weighted by Crippen LogP contribution is 2.39. The smallest absolute Gasteiger partial charge is 0.108 e. The second kappa shape index (κ2) is 3.59. The van der Waals surface area contributed by atoms with E-state index in [1.54, 1.807) is 0 Å². The Labute approximate surface area is 107 Å². The first kappa shape index (κ1) is 10.6. The fourth-order valence-corrected chi connectivity index (χ4v) is 3.44. The van der Waals surface area contributed by atoms with Crippen molar-refractivity contribution in [1.29, 1.82) is 0 Å². The van der Waals surface area contributed by atoms with Crippen molar-refractivity contribution >= 4 is 10.9 Å². The number of hydrogen-bond donors (Lipinski definition) is 1. The third kappa shape index (κ3) is 1.32. The quantitative estimate of drug-likeness (QED) is 0.769. The lowest BCUT2D eigenvalue weighted by molar-refractivity contribution is 0.0451. The van der Waals surface area contributed by atoms with Crippen LogP contribution in [0.1, 0.15) is 29.8 Å². The fraction of sp³-hybridized carbons (Fsp3) is 0.467. The molecule has 0 radical (unpaired) electrons. The summed E-state index contributed by atoms with van der Waals surface area (Å²) in [6, 6.07) is 7.11. The first-order valence-electron chi connectivity index (χ1n) is 6.72. The minimum atomic E-state index is 0.260. The summed E-state index contributed by atoms with van der Waals surface area (Å²) in [6.45, 7) is 6.24. The fourth-order valence-electron chi connectivity index (χ4n) is 3.44. The molecule has 2 aliphatic rings. The summed E-state index contributed by atoms with van der Waals surface area (Å²) in [6.07, 6.45) is 1.39. The van der Waals surface area contributed by atoms with Gasteiger partial charge in [-0.25, -0.2) is 0 Å². The van der Waals surface area contributed by atoms with E-state index in [2.05, 4.69) is 41.9 Å². The average molecular weight is 242 g/mol. The monoisotopic (exact) mass is 242 g/mol. The highest BCUT2D eigenvalue weighted by molar-refractivity contribution is 5.85. The molecule has 94 valence electrons. The average Bonchev–Trinajstić information content (AvgIpc) is 2.90. The Morgan fingerprint density at radius 3 is 3.17 bits per heavy atom. The Kier molecular flexibility index (Phi) is 2.11. The molecule has 1 saturated heterocycles. The van der Waals surface area contributed by atoms with E-state index in [0.29, 0.717) is 6.04 Å². The lowest BCUT2D eigenvalue weighted by Crippen LogP contribution is -2.36. The maximum atomic E-state index is 5.78. The Hall–Kier alpha value is -1.32. The van der Waals surface area contributed by atoms with Crippen molar-refractivity contribution in [2.75, 3.05) is 13.2 Å². The van der Waals surface area contributed by atoms with Crippen LogP contribution < -0.4 is 0 Å². The Morgan fingerprint density at radius 1 is 1.39 bits per heavy atom. The van der Waals surface area contributed by atoms with Crippen molar-refractivity contribution in [2.24, 2.45) is 0 Å². The van der Waals surface area contributed by atoms with Gasteiger partial charge < -0.3 is 9.72 Å². The summed E-state index contributed by atoms with van der Waals surface area (Å²) in [5, 5.41) is 1.41. The second-order valence-corrected chi connectivity index (χ2v) is 5.50. The largest absolute Gasteiger partial charge is 0.361 e. The van der Waals surface area contributed by atoms with E-state index < -0.39 is 0 Å². The van der Waals surface area contributed by atoms with Crippen molar-refractivity contribution < 1.29 is 4.74 Å². The van der Waals surface area contributed by atoms with E-state index in [0.717, 1.165) is 19.6 Å². The van der Waals surface area contributed by atoms with Gasteiger partial charge in [0, 0.05) is 23.1 Å². The minimum Gasteiger partial charge on any atom is -0.361 e. The molecule has 2 aliphatic heterocycles. The zero-order valence-corrected chi connectivity index (χ0v) is 10.9. The molecule has 4 rings (SSSR count). The van der Waals surface area contributed by atoms with Crippen molar-refractivity contribution in [3.63, 3.8) is 0 Å². The van der Waals surface area contributed by atoms with Gasteiger partial charge in [0.25, 0.3) is 0 Å². The number of aromatic amines is 1. The van der Waals surface area contributed by atoms with Gasteiger partial charge in [0.15, 0.2) is 0 Å². The molecule has 1 fully saturated rings. The highest BCUT2D eigenvalue weighted by Gasteiger charge is 2.38. The molecular formula is C15H18N2O. The topological polar surface area (TPSA) is 28.3 Å². The maximum Gasteiger partial charge on any atom is 0.108 e. The number of hydrogen-bond acceptors (Lipinski definition) is 2. The van der Waals surface area contributed by atoms with Crippen molar-refractivity contribution in [3.05, 3.63) is 35.0 Å². The number of rotatable bonds is 0. The van der Waals surface area contributed by atoms with Crippen LogP contribution in [-0.4, -0.2) is 29.3 Å². The van der Waals surface area contributed by atoms with Crippen LogP contribution in [0.4, 0.5) is 0 Å². The van der Waals surface area contributed by atoms with Crippen molar-refractivity contribution in [1.82, 2.24) is 9.88 Å². The van der Waals surface area contributed by atoms with Gasteiger partial charge in [-0.2, -0.15) is 0 Å². The van der Waals surface area contributed by atoms with Crippen LogP contribution in [0, 0.1) is 6.92 Å². The number of aryl methyl sites for hydroxylation is 1. The molecule has 3 heterocycles. The van der Waals surface area contributed by atoms with Gasteiger partial charge in [0.1, 0.15) is 6.23 Å². The number of fused-ring (bicyclic) bond motifs is 5. The molecule has 18 heavy (non-hydrogen) atoms. The molecule has 0 bridgehead atoms. The van der Waals surface area contributed by atoms with Gasteiger partial charge in [0.05, 0.1) is 12.6 Å². The van der Waals surface area contributed by atoms with E-state index in [1.165, 1.54) is 27.7 Å². The van der Waals surface area contributed by atoms with E-state index in [-0.39, 0.29) is 6.23 Å². The summed E-state index contributed by atoms with van der Waals surface area (Å²) >= 11 is 0. The van der Waals surface area contributed by atoms with Crippen molar-refractivity contribution in [3.8, 4) is 0 Å². The number of aromatic nitrogens is 1. The number of benzene rings is 1. The Balaban J connectivity index is 1.91. The molecule has 3 heteroatoms. The molecule has 1 aromatic heterocycles. The molecule has 0 spiro atoms. The molecule has 2 aromatic rings. The Bertz CT molecular complexity index is 616. The molecule has 0 amide bonds. The summed E-state index contributed by atoms with van der Waals surface area (Å²) < 4.78 is 5.78. The minimum absolute atomic E-state index is 0.260. The zero-order valence-electron chi connectivity index (χ0n) is 10.9. The summed E-state index contributed by atoms with van der Waals surface area (Å²) in [4.78, 5) is 6.08. The van der Waals surface area contributed by atoms with Gasteiger partial charge in [-0.1, -0.05) is 11.6 Å². The van der Waals surface area contributed by atoms with Gasteiger partial charge in [0.2, 0.25) is 0 Å². The third-order valence-corrected chi connectivity index (χ3v) is 4.41. The maximum absolute atomic E-state index is 5.78. The number of ether oxygens (including phenoxy) is 1. The predicted octanol–water partition coefficient (Wildman–Crippen LogP) is 2.75. The van der Waals surface area contributed by atoms with Gasteiger partial charge in [-0.05, 0) is 38.0 Å². The third-order valence-electron chi connectivity index (χ3n) is 4.41. The zero-order chi connectivity index (χ0) is 12.3. The van der Waals surface area contributed by atoms with Crippen LogP contribution in [0.2, 0.25) is 0 Å². The molecule has 1 aromatic carbocycles. The molecular weight excluding hydrogens is 224 g/mol. The lowest BCUT2D eigenvalue weighted by atomic mass is 9.98. The molecule has 0 saturated carbocycles. The molecule has 1 N–H and O–H groups in total. The van der Waals surface area contributed by atoms with E-state index in [4.69, 9.17) is 4.74 Å². The molecule has 2 unspecified atom stereocenters. The number of H-pyrrole nitrogens is 1. The highest BCUT2D eigenvalue weighted by atomic mass is 16.5. The standard InChI is InChI=1S/C15H18N2O/c1-9-3-4-13-12(7-9)11-5-6-17-10(2)18-8-14(17)15(11)16-13/h3-4,7,10,14,16H,5-6,8H2,1-2H3. The van der Waals surface area contributed by atoms with Gasteiger partial charge in [-0.15, -0.1) is 0 Å². The van der Waals surface area contributed by atoms with Crippen LogP contribution in [0.5, 0.6) is 0 Å². The van der Waals surface area contributed by atoms with Gasteiger partial charge >= 0.3 is 0 Å². The van der Waals surface area contributed by atoms with Crippen LogP contribution in [0.15, 0.2) is 18.2 Å². The normalized spacial score (nSPS) is 27.4. The van der Waals surface area contributed by atoms with Gasteiger partial charge in [-0.3, -0.25) is 4.90 Å². The second-order valence-electron chi connectivity index (χ2n) is 5.50. The molecule has 2 atom stereocenters. The van der Waals surface area contributed by atoms with E-state index >= 15 is 0 Å². The van der Waals surface area contributed by atoms with Crippen molar-refractivity contribution in [2.45, 2.75) is 32.5 Å². The first-order valence-corrected chi connectivity index (χ1v) is 6.72. The van der Waals surface area contributed by atoms with Crippen LogP contribution in [-0.2, 0) is 11.2 Å². The SMILES string of the molecule is Cc1ccc2[nH]c3c(c2c1)CCN1C(C)OCC31. The number of nitrogens with one attached hydrogen (secondary N) is 1. The predicted molar refractivity (Wildman–Crippen MR) is 71.6 cm³/mol. The summed E-state index contributed by atoms with van der Waals surface area (Å²) in [5.41, 5.74) is 5.49. The summed E-state index contributed by atoms with van der Waals surface area (Å²) in [5.74, 6) is 0. The lowest BCUT2D eigenvalue weighted by Gasteiger charge is -2.30. The first-order chi connectivity index (χ1) is 8.74. The van der Waals surface area contributed by atoms with Crippen LogP contribution >= 0.6 is 0 Å². The number of nitrogens with zero attached hydrogens (tertiary/aromatic N) is 1. The van der Waals surface area contributed by atoms with E-state index in [1.807, 2.05) is 0 Å². The van der Waals surface area contributed by atoms with Crippen LogP contribution in [0.25, 0.3) is 10.9 Å². The summed E-state index contributed by atoms with van der Waals surface area (Å²) in [7, 11) is 0. The molecule has 3 nitrogen and oxygen atoms in total. The molecule has 0 aliphatic carbocycles. The van der Waals surface area contributed by atoms with Crippen LogP contribution in [0.3, 0.4) is 0 Å².